The van der Waals surface area contributed by atoms with Gasteiger partial charge in [0.1, 0.15) is 11.4 Å². The molecule has 0 bridgehead atoms. The fraction of sp³-hybridized carbons (Fsp3) is 0.231. The lowest BCUT2D eigenvalue weighted by atomic mass is 10.2. The second-order valence-corrected chi connectivity index (χ2v) is 6.95. The standard InChI is InChI=1S/C13H12ClF3N3O3P/c1-22-24(21,23-2)10-6-4-3-5-9(10)19-11-8(13(15,16)17)7-18-12(14)20-11/h3-7H,1-2H3,(H,18,19,20). The average Bonchev–Trinajstić information content (AvgIpc) is 2.53. The van der Waals surface area contributed by atoms with Gasteiger partial charge in [-0.15, -0.1) is 0 Å². The number of para-hydroxylation sites is 1. The number of nitrogens with one attached hydrogen (secondary N) is 1. The molecule has 6 nitrogen and oxygen atoms in total. The number of halogens is 4. The van der Waals surface area contributed by atoms with Gasteiger partial charge in [0, 0.05) is 20.4 Å². The van der Waals surface area contributed by atoms with Gasteiger partial charge in [0.25, 0.3) is 0 Å². The minimum Gasteiger partial charge on any atom is -0.339 e. The first-order chi connectivity index (χ1) is 11.2. The van der Waals surface area contributed by atoms with E-state index in [1.54, 1.807) is 6.07 Å². The third-order valence-electron chi connectivity index (χ3n) is 3.00. The molecule has 0 spiro atoms. The average molecular weight is 382 g/mol. The largest absolute Gasteiger partial charge is 0.421 e. The topological polar surface area (TPSA) is 73.3 Å². The van der Waals surface area contributed by atoms with E-state index in [-0.39, 0.29) is 16.3 Å². The first kappa shape index (κ1) is 18.7. The summed E-state index contributed by atoms with van der Waals surface area (Å²) in [6.45, 7) is 0. The van der Waals surface area contributed by atoms with Crippen molar-refractivity contribution in [2.24, 2.45) is 0 Å². The lowest BCUT2D eigenvalue weighted by molar-refractivity contribution is -0.137. The third-order valence-corrected chi connectivity index (χ3v) is 5.12. The zero-order chi connectivity index (χ0) is 18.0. The van der Waals surface area contributed by atoms with Gasteiger partial charge in [-0.2, -0.15) is 18.2 Å². The summed E-state index contributed by atoms with van der Waals surface area (Å²) in [6.07, 6.45) is -4.14. The number of aromatic nitrogens is 2. The van der Waals surface area contributed by atoms with E-state index >= 15 is 0 Å². The molecule has 1 heterocycles. The van der Waals surface area contributed by atoms with Crippen molar-refractivity contribution in [3.8, 4) is 0 Å². The number of nitrogens with zero attached hydrogens (tertiary/aromatic N) is 2. The van der Waals surface area contributed by atoms with Gasteiger partial charge in [-0.3, -0.25) is 4.57 Å². The highest BCUT2D eigenvalue weighted by Gasteiger charge is 2.36. The molecule has 2 aromatic rings. The summed E-state index contributed by atoms with van der Waals surface area (Å²) in [5.74, 6) is -0.575. The van der Waals surface area contributed by atoms with Crippen molar-refractivity contribution in [2.45, 2.75) is 6.18 Å². The number of hydrogen-bond acceptors (Lipinski definition) is 6. The summed E-state index contributed by atoms with van der Waals surface area (Å²) in [7, 11) is -1.36. The number of alkyl halides is 3. The Balaban J connectivity index is 2.55. The lowest BCUT2D eigenvalue weighted by Crippen LogP contribution is -2.16. The first-order valence-electron chi connectivity index (χ1n) is 6.39. The van der Waals surface area contributed by atoms with E-state index in [0.717, 1.165) is 0 Å². The molecule has 0 aliphatic heterocycles. The van der Waals surface area contributed by atoms with Gasteiger partial charge in [-0.25, -0.2) is 4.98 Å². The molecular weight excluding hydrogens is 370 g/mol. The Labute approximate surface area is 140 Å². The summed E-state index contributed by atoms with van der Waals surface area (Å²) in [4.78, 5) is 6.90. The van der Waals surface area contributed by atoms with Gasteiger partial charge in [0.15, 0.2) is 0 Å². The molecule has 1 N–H and O–H groups in total. The van der Waals surface area contributed by atoms with Crippen molar-refractivity contribution in [2.75, 3.05) is 19.5 Å². The van der Waals surface area contributed by atoms with Crippen molar-refractivity contribution < 1.29 is 26.8 Å². The van der Waals surface area contributed by atoms with E-state index in [1.807, 2.05) is 0 Å². The van der Waals surface area contributed by atoms with E-state index in [0.29, 0.717) is 6.20 Å². The maximum atomic E-state index is 13.1. The van der Waals surface area contributed by atoms with E-state index in [4.69, 9.17) is 20.6 Å². The van der Waals surface area contributed by atoms with E-state index in [9.17, 15) is 17.7 Å². The van der Waals surface area contributed by atoms with Crippen LogP contribution in [0.25, 0.3) is 0 Å². The molecule has 0 saturated heterocycles. The third kappa shape index (κ3) is 3.87. The van der Waals surface area contributed by atoms with E-state index in [2.05, 4.69) is 15.3 Å². The number of hydrogen-bond donors (Lipinski definition) is 1. The van der Waals surface area contributed by atoms with Crippen LogP contribution in [0.1, 0.15) is 5.56 Å². The second kappa shape index (κ2) is 7.06. The predicted octanol–water partition coefficient (Wildman–Crippen LogP) is 4.00. The predicted molar refractivity (Wildman–Crippen MR) is 83.0 cm³/mol. The van der Waals surface area contributed by atoms with Crippen molar-refractivity contribution in [3.05, 3.63) is 41.3 Å². The minimum atomic E-state index is -4.70. The highest BCUT2D eigenvalue weighted by atomic mass is 35.5. The van der Waals surface area contributed by atoms with Gasteiger partial charge in [0.2, 0.25) is 5.28 Å². The first-order valence-corrected chi connectivity index (χ1v) is 8.31. The summed E-state index contributed by atoms with van der Waals surface area (Å²) in [6, 6.07) is 5.91. The molecule has 0 saturated carbocycles. The fourth-order valence-electron chi connectivity index (χ4n) is 1.88. The minimum absolute atomic E-state index is 0.0536. The molecule has 1 aromatic heterocycles. The number of anilines is 2. The van der Waals surface area contributed by atoms with E-state index < -0.39 is 25.2 Å². The molecule has 24 heavy (non-hydrogen) atoms. The fourth-order valence-corrected chi connectivity index (χ4v) is 3.25. The molecule has 1 aromatic carbocycles. The van der Waals surface area contributed by atoms with Crippen LogP contribution in [0.4, 0.5) is 24.7 Å². The zero-order valence-electron chi connectivity index (χ0n) is 12.5. The van der Waals surface area contributed by atoms with Crippen molar-refractivity contribution in [1.29, 1.82) is 0 Å². The normalized spacial score (nSPS) is 12.2. The van der Waals surface area contributed by atoms with Gasteiger partial charge >= 0.3 is 13.8 Å². The molecule has 11 heteroatoms. The van der Waals surface area contributed by atoms with Gasteiger partial charge < -0.3 is 14.4 Å². The number of rotatable bonds is 5. The Kier molecular flexibility index (Phi) is 5.49. The molecule has 0 aliphatic carbocycles. The molecule has 0 atom stereocenters. The van der Waals surface area contributed by atoms with Crippen LogP contribution in [0.3, 0.4) is 0 Å². The Bertz CT molecular complexity index is 781. The SMILES string of the molecule is COP(=O)(OC)c1ccccc1Nc1nc(Cl)ncc1C(F)(F)F. The van der Waals surface area contributed by atoms with E-state index in [1.165, 1.54) is 32.4 Å². The molecule has 2 rings (SSSR count). The van der Waals surface area contributed by atoms with Crippen LogP contribution < -0.4 is 10.6 Å². The highest BCUT2D eigenvalue weighted by molar-refractivity contribution is 7.62. The molecule has 130 valence electrons. The van der Waals surface area contributed by atoms with Crippen molar-refractivity contribution >= 4 is 36.0 Å². The summed E-state index contributed by atoms with van der Waals surface area (Å²) in [5.41, 5.74) is -1.05. The Morgan fingerprint density at radius 3 is 2.42 bits per heavy atom. The molecule has 0 aliphatic rings. The van der Waals surface area contributed by atoms with Gasteiger partial charge in [-0.1, -0.05) is 12.1 Å². The summed E-state index contributed by atoms with van der Waals surface area (Å²) in [5, 5.41) is 2.16. The van der Waals surface area contributed by atoms with Crippen LogP contribution in [0.5, 0.6) is 0 Å². The van der Waals surface area contributed by atoms with Crippen LogP contribution in [0, 0.1) is 0 Å². The quantitative estimate of drug-likeness (QED) is 0.623. The van der Waals surface area contributed by atoms with Crippen LogP contribution in [-0.2, 0) is 19.8 Å². The van der Waals surface area contributed by atoms with Gasteiger partial charge in [-0.05, 0) is 23.7 Å². The smallest absolute Gasteiger partial charge is 0.339 e. The molecule has 0 amide bonds. The molecular formula is C13H12ClF3N3O3P. The maximum absolute atomic E-state index is 13.1. The van der Waals surface area contributed by atoms with Crippen LogP contribution >= 0.6 is 19.2 Å². The lowest BCUT2D eigenvalue weighted by Gasteiger charge is -2.19. The molecule has 0 radical (unpaired) electrons. The van der Waals surface area contributed by atoms with Crippen LogP contribution in [0.15, 0.2) is 30.5 Å². The zero-order valence-corrected chi connectivity index (χ0v) is 14.1. The van der Waals surface area contributed by atoms with Crippen LogP contribution in [-0.4, -0.2) is 24.2 Å². The van der Waals surface area contributed by atoms with Gasteiger partial charge in [0.05, 0.1) is 11.0 Å². The number of benzene rings is 1. The Morgan fingerprint density at radius 2 is 1.83 bits per heavy atom. The summed E-state index contributed by atoms with van der Waals surface area (Å²) >= 11 is 5.58. The van der Waals surface area contributed by atoms with Crippen molar-refractivity contribution in [3.63, 3.8) is 0 Å². The monoisotopic (exact) mass is 381 g/mol. The summed E-state index contributed by atoms with van der Waals surface area (Å²) < 4.78 is 61.6. The van der Waals surface area contributed by atoms with Crippen LogP contribution in [0.2, 0.25) is 5.28 Å². The molecule has 0 fully saturated rings. The second-order valence-electron chi connectivity index (χ2n) is 4.40. The Morgan fingerprint density at radius 1 is 1.21 bits per heavy atom. The van der Waals surface area contributed by atoms with Crippen molar-refractivity contribution in [1.82, 2.24) is 9.97 Å². The highest BCUT2D eigenvalue weighted by Crippen LogP contribution is 2.47. The molecule has 0 unspecified atom stereocenters. The maximum Gasteiger partial charge on any atom is 0.421 e. The Hall–Kier alpha value is -1.67.